The lowest BCUT2D eigenvalue weighted by molar-refractivity contribution is -0.139. The topological polar surface area (TPSA) is 75.7 Å². The molecule has 1 N–H and O–H groups in total. The number of para-hydroxylation sites is 2. The first kappa shape index (κ1) is 24.1. The van der Waals surface area contributed by atoms with Gasteiger partial charge in [0.15, 0.2) is 0 Å². The maximum atomic E-state index is 13.4. The van der Waals surface area contributed by atoms with E-state index in [0.29, 0.717) is 23.6 Å². The average Bonchev–Trinajstić information content (AvgIpc) is 2.79. The third kappa shape index (κ3) is 5.08. The Kier molecular flexibility index (Phi) is 6.63. The number of alkyl halides is 3. The number of nitrogens with zero attached hydrogens (tertiary/aromatic N) is 1. The molecule has 0 radical (unpaired) electrons. The van der Waals surface area contributed by atoms with E-state index >= 15 is 0 Å². The van der Waals surface area contributed by atoms with Crippen LogP contribution in [-0.2, 0) is 16.2 Å². The highest BCUT2D eigenvalue weighted by atomic mass is 32.2. The summed E-state index contributed by atoms with van der Waals surface area (Å²) in [6, 6.07) is 13.4. The largest absolute Gasteiger partial charge is 0.495 e. The molecule has 3 rings (SSSR count). The molecular weight excluding hydrogens is 464 g/mol. The summed E-state index contributed by atoms with van der Waals surface area (Å²) in [6.07, 6.45) is -4.92. The molecule has 0 aliphatic rings. The van der Waals surface area contributed by atoms with Crippen molar-refractivity contribution in [3.05, 3.63) is 83.7 Å². The number of nitrogens with one attached hydrogen (secondary N) is 1. The normalized spacial score (nSPS) is 11.7. The summed E-state index contributed by atoms with van der Waals surface area (Å²) in [6.45, 7) is 0. The molecule has 0 bridgehead atoms. The van der Waals surface area contributed by atoms with Crippen LogP contribution < -0.4 is 14.4 Å². The average molecular weight is 482 g/mol. The maximum absolute atomic E-state index is 13.4. The predicted molar refractivity (Wildman–Crippen MR) is 114 cm³/mol. The molecule has 0 aliphatic heterocycles. The second kappa shape index (κ2) is 9.10. The number of carbonyl (C=O) groups is 1. The lowest BCUT2D eigenvalue weighted by Crippen LogP contribution is -2.27. The van der Waals surface area contributed by atoms with Gasteiger partial charge in [-0.3, -0.25) is 9.10 Å². The molecule has 11 heteroatoms. The molecule has 1 amide bonds. The van der Waals surface area contributed by atoms with E-state index in [2.05, 4.69) is 5.32 Å². The summed E-state index contributed by atoms with van der Waals surface area (Å²) in [5.74, 6) is -1.91. The fraction of sp³-hybridized carbons (Fsp3) is 0.136. The smallest absolute Gasteiger partial charge is 0.419 e. The lowest BCUT2D eigenvalue weighted by atomic mass is 10.1. The number of methoxy groups -OCH3 is 1. The molecule has 0 atom stereocenters. The Morgan fingerprint density at radius 2 is 1.64 bits per heavy atom. The standard InChI is InChI=1S/C22H18F4N2O4S/c1-28(19-5-3-4-6-20(19)32-2)33(30,31)16-10-7-14(8-11-16)21(29)27-15-9-12-18(23)17(13-15)22(24,25)26/h3-13H,1-2H3,(H,27,29). The summed E-state index contributed by atoms with van der Waals surface area (Å²) < 4.78 is 84.1. The zero-order valence-corrected chi connectivity index (χ0v) is 18.2. The number of ether oxygens (including phenoxy) is 1. The number of hydrogen-bond acceptors (Lipinski definition) is 4. The molecule has 0 aliphatic carbocycles. The van der Waals surface area contributed by atoms with Gasteiger partial charge < -0.3 is 10.1 Å². The van der Waals surface area contributed by atoms with Crippen molar-refractivity contribution in [3.63, 3.8) is 0 Å². The Morgan fingerprint density at radius 1 is 1.00 bits per heavy atom. The Hall–Kier alpha value is -3.60. The summed E-state index contributed by atoms with van der Waals surface area (Å²) in [5.41, 5.74) is -1.48. The highest BCUT2D eigenvalue weighted by Crippen LogP contribution is 2.33. The SMILES string of the molecule is COc1ccccc1N(C)S(=O)(=O)c1ccc(C(=O)Nc2ccc(F)c(C(F)(F)F)c2)cc1. The van der Waals surface area contributed by atoms with Crippen molar-refractivity contribution in [2.75, 3.05) is 23.8 Å². The molecule has 3 aromatic rings. The monoisotopic (exact) mass is 482 g/mol. The Bertz CT molecular complexity index is 1280. The molecule has 0 saturated heterocycles. The highest BCUT2D eigenvalue weighted by molar-refractivity contribution is 7.92. The third-order valence-electron chi connectivity index (χ3n) is 4.73. The van der Waals surface area contributed by atoms with E-state index in [1.165, 1.54) is 38.4 Å². The van der Waals surface area contributed by atoms with E-state index in [1.54, 1.807) is 24.3 Å². The van der Waals surface area contributed by atoms with Gasteiger partial charge in [-0.05, 0) is 54.6 Å². The van der Waals surface area contributed by atoms with E-state index in [1.807, 2.05) is 0 Å². The van der Waals surface area contributed by atoms with Gasteiger partial charge in [-0.15, -0.1) is 0 Å². The van der Waals surface area contributed by atoms with Gasteiger partial charge in [-0.2, -0.15) is 13.2 Å². The van der Waals surface area contributed by atoms with Crippen molar-refractivity contribution in [2.24, 2.45) is 0 Å². The Balaban J connectivity index is 1.82. The molecule has 3 aromatic carbocycles. The van der Waals surface area contributed by atoms with Crippen LogP contribution in [0.5, 0.6) is 5.75 Å². The second-order valence-electron chi connectivity index (χ2n) is 6.82. The minimum atomic E-state index is -4.92. The number of amides is 1. The van der Waals surface area contributed by atoms with Gasteiger partial charge in [0.05, 0.1) is 23.3 Å². The highest BCUT2D eigenvalue weighted by Gasteiger charge is 2.34. The van der Waals surface area contributed by atoms with Crippen molar-refractivity contribution in [1.29, 1.82) is 0 Å². The molecule has 0 fully saturated rings. The zero-order valence-electron chi connectivity index (χ0n) is 17.4. The Labute approximate surface area is 187 Å². The first-order valence-electron chi connectivity index (χ1n) is 9.35. The van der Waals surface area contributed by atoms with Crippen LogP contribution in [0.2, 0.25) is 0 Å². The van der Waals surface area contributed by atoms with Gasteiger partial charge in [0.2, 0.25) is 0 Å². The van der Waals surface area contributed by atoms with Crippen LogP contribution in [-0.4, -0.2) is 28.5 Å². The third-order valence-corrected chi connectivity index (χ3v) is 6.51. The number of halogens is 4. The van der Waals surface area contributed by atoms with Crippen molar-refractivity contribution in [3.8, 4) is 5.75 Å². The summed E-state index contributed by atoms with van der Waals surface area (Å²) in [4.78, 5) is 12.3. The molecule has 0 heterocycles. The lowest BCUT2D eigenvalue weighted by Gasteiger charge is -2.21. The van der Waals surface area contributed by atoms with Gasteiger partial charge in [0.25, 0.3) is 15.9 Å². The number of benzene rings is 3. The summed E-state index contributed by atoms with van der Waals surface area (Å²) in [7, 11) is -1.24. The summed E-state index contributed by atoms with van der Waals surface area (Å²) in [5, 5.41) is 2.24. The second-order valence-corrected chi connectivity index (χ2v) is 8.78. The fourth-order valence-electron chi connectivity index (χ4n) is 2.98. The van der Waals surface area contributed by atoms with Crippen LogP contribution in [0.3, 0.4) is 0 Å². The van der Waals surface area contributed by atoms with E-state index < -0.39 is 33.5 Å². The van der Waals surface area contributed by atoms with E-state index in [0.717, 1.165) is 10.4 Å². The van der Waals surface area contributed by atoms with Crippen LogP contribution >= 0.6 is 0 Å². The van der Waals surface area contributed by atoms with Crippen molar-refractivity contribution in [2.45, 2.75) is 11.1 Å². The quantitative estimate of drug-likeness (QED) is 0.506. The van der Waals surface area contributed by atoms with Gasteiger partial charge in [0, 0.05) is 18.3 Å². The van der Waals surface area contributed by atoms with E-state index in [4.69, 9.17) is 4.74 Å². The van der Waals surface area contributed by atoms with Crippen molar-refractivity contribution < 1.29 is 35.5 Å². The van der Waals surface area contributed by atoms with Crippen LogP contribution in [0.15, 0.2) is 71.6 Å². The van der Waals surface area contributed by atoms with Crippen LogP contribution in [0.1, 0.15) is 15.9 Å². The van der Waals surface area contributed by atoms with Gasteiger partial charge in [-0.1, -0.05) is 12.1 Å². The van der Waals surface area contributed by atoms with Crippen molar-refractivity contribution >= 4 is 27.3 Å². The zero-order chi connectivity index (χ0) is 24.4. The molecule has 0 unspecified atom stereocenters. The fourth-order valence-corrected chi connectivity index (χ4v) is 4.19. The first-order valence-corrected chi connectivity index (χ1v) is 10.8. The van der Waals surface area contributed by atoms with Crippen LogP contribution in [0, 0.1) is 5.82 Å². The van der Waals surface area contributed by atoms with Gasteiger partial charge in [-0.25, -0.2) is 12.8 Å². The Morgan fingerprint density at radius 3 is 2.24 bits per heavy atom. The number of rotatable bonds is 6. The number of hydrogen-bond donors (Lipinski definition) is 1. The van der Waals surface area contributed by atoms with E-state index in [-0.39, 0.29) is 16.1 Å². The van der Waals surface area contributed by atoms with E-state index in [9.17, 15) is 30.8 Å². The van der Waals surface area contributed by atoms with Gasteiger partial charge >= 0.3 is 6.18 Å². The summed E-state index contributed by atoms with van der Waals surface area (Å²) >= 11 is 0. The molecule has 6 nitrogen and oxygen atoms in total. The molecular formula is C22H18F4N2O4S. The minimum absolute atomic E-state index is 0.00761. The van der Waals surface area contributed by atoms with Crippen molar-refractivity contribution in [1.82, 2.24) is 0 Å². The molecule has 0 aromatic heterocycles. The molecule has 0 spiro atoms. The number of sulfonamides is 1. The minimum Gasteiger partial charge on any atom is -0.495 e. The predicted octanol–water partition coefficient (Wildman–Crippen LogP) is 4.93. The van der Waals surface area contributed by atoms with Crippen LogP contribution in [0.4, 0.5) is 28.9 Å². The molecule has 0 saturated carbocycles. The number of anilines is 2. The first-order chi connectivity index (χ1) is 15.4. The van der Waals surface area contributed by atoms with Gasteiger partial charge in [0.1, 0.15) is 11.6 Å². The molecule has 174 valence electrons. The maximum Gasteiger partial charge on any atom is 0.419 e. The number of carbonyl (C=O) groups excluding carboxylic acids is 1. The molecule has 33 heavy (non-hydrogen) atoms. The van der Waals surface area contributed by atoms with Crippen LogP contribution in [0.25, 0.3) is 0 Å².